The largest absolute Gasteiger partial charge is 0.311 e. The van der Waals surface area contributed by atoms with Gasteiger partial charge in [0.2, 0.25) is 0 Å². The minimum atomic E-state index is -0.235. The van der Waals surface area contributed by atoms with Crippen molar-refractivity contribution in [1.29, 1.82) is 0 Å². The predicted octanol–water partition coefficient (Wildman–Crippen LogP) is 18.9. The maximum absolute atomic E-state index is 10.0. The molecule has 2 heteroatoms. The quantitative estimate of drug-likeness (QED) is 0.140. The van der Waals surface area contributed by atoms with Crippen LogP contribution in [0.2, 0.25) is 0 Å². The zero-order valence-electron chi connectivity index (χ0n) is 43.5. The first-order valence-electron chi connectivity index (χ1n) is 26.3. The summed E-state index contributed by atoms with van der Waals surface area (Å²) < 4.78 is 42.3. The molecule has 0 saturated heterocycles. The van der Waals surface area contributed by atoms with Crippen LogP contribution >= 0.6 is 0 Å². The summed E-state index contributed by atoms with van der Waals surface area (Å²) in [6, 6.07) is 83.2. The van der Waals surface area contributed by atoms with Gasteiger partial charge in [0.1, 0.15) is 0 Å². The zero-order chi connectivity index (χ0) is 51.0. The van der Waals surface area contributed by atoms with Crippen molar-refractivity contribution in [2.75, 3.05) is 4.90 Å². The van der Waals surface area contributed by atoms with Crippen molar-refractivity contribution in [3.8, 4) is 72.4 Å². The minimum absolute atomic E-state index is 0.120. The highest BCUT2D eigenvalue weighted by Gasteiger charge is 2.35. The van der Waals surface area contributed by atoms with Crippen molar-refractivity contribution in [2.24, 2.45) is 0 Å². The lowest BCUT2D eigenvalue weighted by molar-refractivity contribution is 0.660. The van der Waals surface area contributed by atoms with Crippen LogP contribution < -0.4 is 4.90 Å². The second-order valence-electron chi connectivity index (χ2n) is 19.0. The van der Waals surface area contributed by atoms with Gasteiger partial charge in [0.25, 0.3) is 0 Å². The number of benzene rings is 11. The minimum Gasteiger partial charge on any atom is -0.311 e. The fourth-order valence-electron chi connectivity index (χ4n) is 10.9. The SMILES string of the molecule is [2H]c1c([2H])c(N(c2ccc(-c3ccccc3)cc2)c2ccc(-c3ccccc3)cc2)c([2H])c([2H])c1-c1cc(-c2ccc3c(c2)C(C)(C)c2ccccc2-3)cc(-c2cccc3c2c2ccccc2n3-c2ccccc2)c1. The third-order valence-corrected chi connectivity index (χ3v) is 14.5. The van der Waals surface area contributed by atoms with Gasteiger partial charge in [-0.3, -0.25) is 0 Å². The molecule has 1 aromatic heterocycles. The summed E-state index contributed by atoms with van der Waals surface area (Å²) in [6.07, 6.45) is 0. The number of hydrogen-bond acceptors (Lipinski definition) is 1. The van der Waals surface area contributed by atoms with Gasteiger partial charge in [-0.25, -0.2) is 0 Å². The standard InChI is InChI=1S/C69H50N2/c1-69(2)64-26-14-12-23-61(64)62-42-35-52(46-65(62)69)54-43-53(44-55(45-54)60-25-16-28-67-68(60)63-24-13-15-27-66(63)71(67)56-21-10-5-11-22-56)51-33-40-59(41-34-51)70(57-36-29-49(30-37-57)47-17-6-3-7-18-47)58-38-31-50(32-39-58)48-19-8-4-9-20-48/h3-46H,1-2H3/i33D,34D,40D,41D. The van der Waals surface area contributed by atoms with E-state index in [0.717, 1.165) is 72.0 Å². The molecule has 0 spiro atoms. The zero-order valence-corrected chi connectivity index (χ0v) is 39.5. The molecule has 2 nitrogen and oxygen atoms in total. The van der Waals surface area contributed by atoms with Crippen LogP contribution in [0.4, 0.5) is 17.1 Å². The van der Waals surface area contributed by atoms with E-state index in [0.29, 0.717) is 16.9 Å². The second-order valence-corrected chi connectivity index (χ2v) is 19.0. The monoisotopic (exact) mass is 910 g/mol. The number of hydrogen-bond donors (Lipinski definition) is 0. The number of aromatic nitrogens is 1. The van der Waals surface area contributed by atoms with Crippen molar-refractivity contribution >= 4 is 38.9 Å². The van der Waals surface area contributed by atoms with E-state index >= 15 is 0 Å². The van der Waals surface area contributed by atoms with Gasteiger partial charge in [-0.1, -0.05) is 196 Å². The van der Waals surface area contributed by atoms with Crippen LogP contribution in [0.1, 0.15) is 30.5 Å². The van der Waals surface area contributed by atoms with Gasteiger partial charge in [-0.15, -0.1) is 0 Å². The molecule has 11 aromatic carbocycles. The Morgan fingerprint density at radius 2 is 0.831 bits per heavy atom. The Balaban J connectivity index is 1.02. The Bertz CT molecular complexity index is 4050. The summed E-state index contributed by atoms with van der Waals surface area (Å²) in [5.74, 6) is 0. The molecule has 0 unspecified atom stereocenters. The smallest absolute Gasteiger partial charge is 0.0645 e. The average molecular weight is 911 g/mol. The normalized spacial score (nSPS) is 13.3. The Hall–Kier alpha value is -8.98. The van der Waals surface area contributed by atoms with Crippen LogP contribution in [-0.2, 0) is 5.41 Å². The van der Waals surface area contributed by atoms with Crippen molar-refractivity contribution in [2.45, 2.75) is 19.3 Å². The maximum atomic E-state index is 10.0. The predicted molar refractivity (Wildman–Crippen MR) is 300 cm³/mol. The van der Waals surface area contributed by atoms with E-state index in [1.807, 2.05) is 95.9 Å². The van der Waals surface area contributed by atoms with Gasteiger partial charge in [-0.05, 0) is 163 Å². The molecule has 0 aliphatic heterocycles. The Morgan fingerprint density at radius 1 is 0.338 bits per heavy atom. The van der Waals surface area contributed by atoms with Gasteiger partial charge in [-0.2, -0.15) is 0 Å². The molecule has 13 rings (SSSR count). The molecule has 0 N–H and O–H groups in total. The number of anilines is 3. The fourth-order valence-corrected chi connectivity index (χ4v) is 10.9. The Morgan fingerprint density at radius 3 is 1.49 bits per heavy atom. The molecule has 0 radical (unpaired) electrons. The van der Waals surface area contributed by atoms with Gasteiger partial charge in [0.15, 0.2) is 0 Å². The lowest BCUT2D eigenvalue weighted by atomic mass is 9.81. The number of nitrogens with zero attached hydrogens (tertiary/aromatic N) is 2. The summed E-state index contributed by atoms with van der Waals surface area (Å²) in [5, 5.41) is 2.20. The molecule has 0 atom stereocenters. The summed E-state index contributed by atoms with van der Waals surface area (Å²) in [5.41, 5.74) is 18.5. The highest BCUT2D eigenvalue weighted by molar-refractivity contribution is 6.16. The van der Waals surface area contributed by atoms with Crippen LogP contribution in [0, 0.1) is 0 Å². The first-order valence-corrected chi connectivity index (χ1v) is 24.3. The summed E-state index contributed by atoms with van der Waals surface area (Å²) in [4.78, 5) is 1.86. The molecule has 0 bridgehead atoms. The van der Waals surface area contributed by atoms with Crippen molar-refractivity contribution in [1.82, 2.24) is 4.57 Å². The maximum Gasteiger partial charge on any atom is 0.0645 e. The third-order valence-electron chi connectivity index (χ3n) is 14.5. The lowest BCUT2D eigenvalue weighted by Crippen LogP contribution is -2.14. The highest BCUT2D eigenvalue weighted by Crippen LogP contribution is 2.50. The topological polar surface area (TPSA) is 8.17 Å². The van der Waals surface area contributed by atoms with Crippen LogP contribution in [-0.4, -0.2) is 4.57 Å². The molecule has 0 amide bonds. The molecular formula is C69H50N2. The summed E-state index contributed by atoms with van der Waals surface area (Å²) in [6.45, 7) is 4.58. The summed E-state index contributed by atoms with van der Waals surface area (Å²) in [7, 11) is 0. The van der Waals surface area contributed by atoms with E-state index in [4.69, 9.17) is 0 Å². The van der Waals surface area contributed by atoms with Crippen LogP contribution in [0.25, 0.3) is 94.3 Å². The molecule has 12 aromatic rings. The van der Waals surface area contributed by atoms with Gasteiger partial charge < -0.3 is 9.47 Å². The Labute approximate surface area is 421 Å². The van der Waals surface area contributed by atoms with E-state index < -0.39 is 0 Å². The molecule has 71 heavy (non-hydrogen) atoms. The first-order chi connectivity index (χ1) is 36.6. The number of fused-ring (bicyclic) bond motifs is 6. The summed E-state index contributed by atoms with van der Waals surface area (Å²) >= 11 is 0. The molecular weight excluding hydrogens is 857 g/mol. The van der Waals surface area contributed by atoms with Gasteiger partial charge in [0, 0.05) is 38.9 Å². The first kappa shape index (κ1) is 37.9. The van der Waals surface area contributed by atoms with E-state index in [1.165, 1.54) is 22.3 Å². The second kappa shape index (κ2) is 17.2. The van der Waals surface area contributed by atoms with Gasteiger partial charge in [0.05, 0.1) is 16.5 Å². The van der Waals surface area contributed by atoms with Crippen LogP contribution in [0.5, 0.6) is 0 Å². The molecule has 0 fully saturated rings. The molecule has 1 aliphatic rings. The fraction of sp³-hybridized carbons (Fsp3) is 0.0435. The third kappa shape index (κ3) is 7.35. The highest BCUT2D eigenvalue weighted by atomic mass is 15.1. The molecule has 336 valence electrons. The van der Waals surface area contributed by atoms with Crippen molar-refractivity contribution < 1.29 is 5.48 Å². The van der Waals surface area contributed by atoms with Gasteiger partial charge >= 0.3 is 0 Å². The van der Waals surface area contributed by atoms with Crippen LogP contribution in [0.3, 0.4) is 0 Å². The van der Waals surface area contributed by atoms with Crippen molar-refractivity contribution in [3.63, 3.8) is 0 Å². The molecule has 1 heterocycles. The molecule has 0 saturated carbocycles. The van der Waals surface area contributed by atoms with E-state index in [2.05, 4.69) is 170 Å². The van der Waals surface area contributed by atoms with E-state index in [9.17, 15) is 5.48 Å². The molecule has 1 aliphatic carbocycles. The average Bonchev–Trinajstić information content (AvgIpc) is 3.97. The number of para-hydroxylation sites is 2. The Kier molecular flexibility index (Phi) is 9.20. The van der Waals surface area contributed by atoms with Crippen molar-refractivity contribution in [3.05, 3.63) is 278 Å². The number of rotatable bonds is 9. The van der Waals surface area contributed by atoms with E-state index in [-0.39, 0.29) is 40.8 Å². The lowest BCUT2D eigenvalue weighted by Gasteiger charge is -2.26. The van der Waals surface area contributed by atoms with E-state index in [1.54, 1.807) is 0 Å². The van der Waals surface area contributed by atoms with Crippen LogP contribution in [0.15, 0.2) is 267 Å².